The lowest BCUT2D eigenvalue weighted by Gasteiger charge is -2.28. The molecule has 1 aromatic rings. The molecular formula is C14H18FNO. The number of hydrogen-bond donors (Lipinski definition) is 1. The minimum Gasteiger partial charge on any atom is -0.316 e. The molecule has 1 saturated heterocycles. The van der Waals surface area contributed by atoms with Gasteiger partial charge in [-0.3, -0.25) is 4.79 Å². The summed E-state index contributed by atoms with van der Waals surface area (Å²) in [6, 6.07) is 6.53. The molecule has 1 aromatic carbocycles. The first-order valence-electron chi connectivity index (χ1n) is 6.15. The number of nitrogens with one attached hydrogen (secondary N) is 1. The van der Waals surface area contributed by atoms with E-state index in [0.717, 1.165) is 19.5 Å². The van der Waals surface area contributed by atoms with E-state index in [1.165, 1.54) is 6.07 Å². The predicted octanol–water partition coefficient (Wildman–Crippen LogP) is 2.18. The fourth-order valence-electron chi connectivity index (χ4n) is 2.45. The highest BCUT2D eigenvalue weighted by atomic mass is 19.1. The van der Waals surface area contributed by atoms with Gasteiger partial charge >= 0.3 is 0 Å². The average molecular weight is 235 g/mol. The fourth-order valence-corrected chi connectivity index (χ4v) is 2.45. The molecule has 0 saturated carbocycles. The molecule has 2 atom stereocenters. The molecule has 1 aliphatic rings. The molecule has 0 amide bonds. The number of carbonyl (C=O) groups excluding carboxylic acids is 1. The number of carbonyl (C=O) groups is 1. The van der Waals surface area contributed by atoms with Crippen molar-refractivity contribution in [2.45, 2.75) is 19.8 Å². The zero-order valence-corrected chi connectivity index (χ0v) is 10.1. The Kier molecular flexibility index (Phi) is 3.89. The van der Waals surface area contributed by atoms with Crippen LogP contribution in [0.4, 0.5) is 4.39 Å². The van der Waals surface area contributed by atoms with Gasteiger partial charge in [0.15, 0.2) is 0 Å². The quantitative estimate of drug-likeness (QED) is 0.870. The van der Waals surface area contributed by atoms with Gasteiger partial charge in [-0.1, -0.05) is 25.1 Å². The molecule has 92 valence electrons. The van der Waals surface area contributed by atoms with Crippen LogP contribution in [0.2, 0.25) is 0 Å². The molecule has 17 heavy (non-hydrogen) atoms. The first kappa shape index (κ1) is 12.2. The monoisotopic (exact) mass is 235 g/mol. The second-order valence-electron chi connectivity index (χ2n) is 4.81. The third-order valence-electron chi connectivity index (χ3n) is 3.52. The van der Waals surface area contributed by atoms with E-state index in [0.29, 0.717) is 11.5 Å². The van der Waals surface area contributed by atoms with Crippen LogP contribution in [0, 0.1) is 17.7 Å². The van der Waals surface area contributed by atoms with E-state index in [-0.39, 0.29) is 23.9 Å². The summed E-state index contributed by atoms with van der Waals surface area (Å²) in [4.78, 5) is 12.1. The van der Waals surface area contributed by atoms with E-state index in [1.54, 1.807) is 18.2 Å². The summed E-state index contributed by atoms with van der Waals surface area (Å²) in [5.74, 6) is 0.324. The molecule has 2 nitrogen and oxygen atoms in total. The Balaban J connectivity index is 2.03. The summed E-state index contributed by atoms with van der Waals surface area (Å²) in [5, 5.41) is 3.27. The summed E-state index contributed by atoms with van der Waals surface area (Å²) in [5.41, 5.74) is 0.517. The van der Waals surface area contributed by atoms with Gasteiger partial charge in [0.2, 0.25) is 0 Å². The van der Waals surface area contributed by atoms with Crippen LogP contribution in [-0.2, 0) is 11.2 Å². The van der Waals surface area contributed by atoms with E-state index >= 15 is 0 Å². The topological polar surface area (TPSA) is 29.1 Å². The first-order chi connectivity index (χ1) is 8.18. The van der Waals surface area contributed by atoms with Gasteiger partial charge in [-0.05, 0) is 37.1 Å². The summed E-state index contributed by atoms with van der Waals surface area (Å²) in [6.45, 7) is 3.85. The number of halogens is 1. The number of hydrogen-bond acceptors (Lipinski definition) is 2. The molecule has 0 radical (unpaired) electrons. The van der Waals surface area contributed by atoms with Crippen molar-refractivity contribution in [1.82, 2.24) is 5.32 Å². The zero-order valence-electron chi connectivity index (χ0n) is 10.1. The van der Waals surface area contributed by atoms with Gasteiger partial charge in [0.25, 0.3) is 0 Å². The molecule has 1 heterocycles. The van der Waals surface area contributed by atoms with Gasteiger partial charge in [-0.15, -0.1) is 0 Å². The van der Waals surface area contributed by atoms with Crippen molar-refractivity contribution in [3.8, 4) is 0 Å². The van der Waals surface area contributed by atoms with Crippen LogP contribution < -0.4 is 5.32 Å². The van der Waals surface area contributed by atoms with Crippen molar-refractivity contribution in [3.05, 3.63) is 35.6 Å². The van der Waals surface area contributed by atoms with E-state index in [1.807, 2.05) is 0 Å². The summed E-state index contributed by atoms with van der Waals surface area (Å²) >= 11 is 0. The van der Waals surface area contributed by atoms with E-state index < -0.39 is 0 Å². The number of piperidine rings is 1. The van der Waals surface area contributed by atoms with Crippen LogP contribution in [-0.4, -0.2) is 18.9 Å². The molecule has 1 N–H and O–H groups in total. The number of benzene rings is 1. The van der Waals surface area contributed by atoms with Gasteiger partial charge in [0.05, 0.1) is 0 Å². The molecule has 1 aliphatic heterocycles. The molecule has 1 fully saturated rings. The fraction of sp³-hybridized carbons (Fsp3) is 0.500. The molecule has 0 aliphatic carbocycles. The summed E-state index contributed by atoms with van der Waals surface area (Å²) in [6.07, 6.45) is 1.09. The van der Waals surface area contributed by atoms with Gasteiger partial charge in [0.1, 0.15) is 11.6 Å². The third-order valence-corrected chi connectivity index (χ3v) is 3.52. The maximum atomic E-state index is 13.4. The molecule has 0 bridgehead atoms. The highest BCUT2D eigenvalue weighted by Gasteiger charge is 2.27. The van der Waals surface area contributed by atoms with Crippen molar-refractivity contribution < 1.29 is 9.18 Å². The smallest absolute Gasteiger partial charge is 0.140 e. The second-order valence-corrected chi connectivity index (χ2v) is 4.81. The molecule has 0 unspecified atom stereocenters. The SMILES string of the molecule is C[C@@H]1CNCC[C@H]1C(=O)Cc1ccccc1F. The lowest BCUT2D eigenvalue weighted by atomic mass is 9.82. The Labute approximate surface area is 101 Å². The summed E-state index contributed by atoms with van der Waals surface area (Å²) in [7, 11) is 0. The zero-order chi connectivity index (χ0) is 12.3. The summed E-state index contributed by atoms with van der Waals surface area (Å²) < 4.78 is 13.4. The van der Waals surface area contributed by atoms with Crippen LogP contribution >= 0.6 is 0 Å². The molecule has 0 spiro atoms. The Hall–Kier alpha value is -1.22. The van der Waals surface area contributed by atoms with Gasteiger partial charge in [-0.25, -0.2) is 4.39 Å². The maximum Gasteiger partial charge on any atom is 0.140 e. The Morgan fingerprint density at radius 2 is 2.24 bits per heavy atom. The van der Waals surface area contributed by atoms with Crippen molar-refractivity contribution in [1.29, 1.82) is 0 Å². The minimum absolute atomic E-state index is 0.0795. The van der Waals surface area contributed by atoms with Crippen LogP contribution in [0.5, 0.6) is 0 Å². The van der Waals surface area contributed by atoms with Crippen LogP contribution in [0.15, 0.2) is 24.3 Å². The largest absolute Gasteiger partial charge is 0.316 e. The average Bonchev–Trinajstić information content (AvgIpc) is 2.32. The molecule has 2 rings (SSSR count). The van der Waals surface area contributed by atoms with Gasteiger partial charge in [0, 0.05) is 12.3 Å². The lowest BCUT2D eigenvalue weighted by Crippen LogP contribution is -2.39. The number of rotatable bonds is 3. The lowest BCUT2D eigenvalue weighted by molar-refractivity contribution is -0.124. The molecule has 0 aromatic heterocycles. The van der Waals surface area contributed by atoms with Crippen molar-refractivity contribution >= 4 is 5.78 Å². The van der Waals surface area contributed by atoms with E-state index in [4.69, 9.17) is 0 Å². The van der Waals surface area contributed by atoms with Gasteiger partial charge < -0.3 is 5.32 Å². The molecule has 3 heteroatoms. The maximum absolute atomic E-state index is 13.4. The highest BCUT2D eigenvalue weighted by molar-refractivity contribution is 5.83. The number of Topliss-reactive ketones (excluding diaryl/α,β-unsaturated/α-hetero) is 1. The Morgan fingerprint density at radius 3 is 2.94 bits per heavy atom. The third kappa shape index (κ3) is 2.91. The second kappa shape index (κ2) is 5.41. The first-order valence-corrected chi connectivity index (χ1v) is 6.15. The van der Waals surface area contributed by atoms with Crippen LogP contribution in [0.3, 0.4) is 0 Å². The van der Waals surface area contributed by atoms with Crippen LogP contribution in [0.25, 0.3) is 0 Å². The highest BCUT2D eigenvalue weighted by Crippen LogP contribution is 2.22. The van der Waals surface area contributed by atoms with E-state index in [2.05, 4.69) is 12.2 Å². The normalized spacial score (nSPS) is 24.6. The van der Waals surface area contributed by atoms with Crippen LogP contribution in [0.1, 0.15) is 18.9 Å². The van der Waals surface area contributed by atoms with Crippen molar-refractivity contribution in [2.24, 2.45) is 11.8 Å². The van der Waals surface area contributed by atoms with Crippen molar-refractivity contribution in [3.63, 3.8) is 0 Å². The van der Waals surface area contributed by atoms with Crippen molar-refractivity contribution in [2.75, 3.05) is 13.1 Å². The number of ketones is 1. The Bertz CT molecular complexity index is 405. The van der Waals surface area contributed by atoms with Gasteiger partial charge in [-0.2, -0.15) is 0 Å². The predicted molar refractivity (Wildman–Crippen MR) is 65.3 cm³/mol. The minimum atomic E-state index is -0.276. The standard InChI is InChI=1S/C14H18FNO/c1-10-9-16-7-6-12(10)14(17)8-11-4-2-3-5-13(11)15/h2-5,10,12,16H,6-9H2,1H3/t10-,12-/m1/s1. The molecular weight excluding hydrogens is 217 g/mol. The van der Waals surface area contributed by atoms with E-state index in [9.17, 15) is 9.18 Å². The Morgan fingerprint density at radius 1 is 1.47 bits per heavy atom.